The Morgan fingerprint density at radius 3 is 2.38 bits per heavy atom. The van der Waals surface area contributed by atoms with Crippen molar-refractivity contribution in [2.45, 2.75) is 0 Å². The van der Waals surface area contributed by atoms with E-state index in [4.69, 9.17) is 11.6 Å². The van der Waals surface area contributed by atoms with Crippen molar-refractivity contribution in [3.05, 3.63) is 59.4 Å². The zero-order chi connectivity index (χ0) is 17.5. The molecule has 24 heavy (non-hydrogen) atoms. The summed E-state index contributed by atoms with van der Waals surface area (Å²) in [4.78, 5) is 24.6. The molecular weight excluding hydrogens is 333 g/mol. The Balaban J connectivity index is 1.81. The lowest BCUT2D eigenvalue weighted by Gasteiger charge is -2.14. The first-order valence-electron chi connectivity index (χ1n) is 7.35. The van der Waals surface area contributed by atoms with Gasteiger partial charge in [-0.25, -0.2) is 4.39 Å². The van der Waals surface area contributed by atoms with E-state index in [2.05, 4.69) is 10.6 Å². The summed E-state index contributed by atoms with van der Waals surface area (Å²) >= 11 is 5.98. The van der Waals surface area contributed by atoms with Crippen molar-refractivity contribution >= 4 is 34.8 Å². The molecule has 3 N–H and O–H groups in total. The first-order valence-corrected chi connectivity index (χ1v) is 7.73. The molecule has 0 saturated carbocycles. The van der Waals surface area contributed by atoms with Crippen molar-refractivity contribution in [3.8, 4) is 0 Å². The molecule has 1 unspecified atom stereocenters. The monoisotopic (exact) mass is 350 g/mol. The van der Waals surface area contributed by atoms with Gasteiger partial charge in [-0.1, -0.05) is 29.8 Å². The lowest BCUT2D eigenvalue weighted by Crippen LogP contribution is -3.11. The number of benzene rings is 2. The summed E-state index contributed by atoms with van der Waals surface area (Å²) in [6.07, 6.45) is 0. The van der Waals surface area contributed by atoms with Crippen molar-refractivity contribution in [3.63, 3.8) is 0 Å². The lowest BCUT2D eigenvalue weighted by atomic mass is 10.3. The van der Waals surface area contributed by atoms with Gasteiger partial charge in [0, 0.05) is 5.69 Å². The third-order valence-corrected chi connectivity index (χ3v) is 3.51. The van der Waals surface area contributed by atoms with Gasteiger partial charge >= 0.3 is 0 Å². The summed E-state index contributed by atoms with van der Waals surface area (Å²) in [6, 6.07) is 12.6. The Morgan fingerprint density at radius 2 is 1.71 bits per heavy atom. The van der Waals surface area contributed by atoms with Crippen molar-refractivity contribution < 1.29 is 18.9 Å². The molecule has 0 aromatic heterocycles. The van der Waals surface area contributed by atoms with Crippen LogP contribution in [0.15, 0.2) is 48.5 Å². The highest BCUT2D eigenvalue weighted by atomic mass is 35.5. The quantitative estimate of drug-likeness (QED) is 0.740. The zero-order valence-electron chi connectivity index (χ0n) is 13.1. The Morgan fingerprint density at radius 1 is 1.04 bits per heavy atom. The second-order valence-corrected chi connectivity index (χ2v) is 5.80. The molecule has 0 aliphatic rings. The Labute approximate surface area is 144 Å². The van der Waals surface area contributed by atoms with Crippen LogP contribution in [0.2, 0.25) is 5.02 Å². The van der Waals surface area contributed by atoms with Crippen LogP contribution in [0.5, 0.6) is 0 Å². The number of para-hydroxylation sites is 1. The summed E-state index contributed by atoms with van der Waals surface area (Å²) in [6.45, 7) is 0.175. The first-order chi connectivity index (χ1) is 11.4. The summed E-state index contributed by atoms with van der Waals surface area (Å²) in [5.41, 5.74) is 0.912. The average molecular weight is 351 g/mol. The minimum atomic E-state index is -0.424. The molecule has 0 heterocycles. The van der Waals surface area contributed by atoms with Crippen molar-refractivity contribution in [2.75, 3.05) is 30.8 Å². The number of carbonyl (C=O) groups excluding carboxylic acids is 2. The van der Waals surface area contributed by atoms with Gasteiger partial charge < -0.3 is 15.5 Å². The van der Waals surface area contributed by atoms with Crippen LogP contribution in [-0.4, -0.2) is 32.0 Å². The highest BCUT2D eigenvalue weighted by Gasteiger charge is 2.15. The molecule has 2 aromatic rings. The maximum atomic E-state index is 13.1. The first kappa shape index (κ1) is 17.9. The molecule has 2 rings (SSSR count). The van der Waals surface area contributed by atoms with Gasteiger partial charge in [0.05, 0.1) is 17.8 Å². The van der Waals surface area contributed by atoms with E-state index < -0.39 is 5.82 Å². The molecule has 2 aromatic carbocycles. The van der Waals surface area contributed by atoms with E-state index in [1.807, 2.05) is 0 Å². The van der Waals surface area contributed by atoms with E-state index in [1.54, 1.807) is 37.4 Å². The van der Waals surface area contributed by atoms with Gasteiger partial charge in [0.25, 0.3) is 11.8 Å². The van der Waals surface area contributed by atoms with E-state index in [1.165, 1.54) is 18.2 Å². The number of hydrogen-bond donors (Lipinski definition) is 3. The predicted octanol–water partition coefficient (Wildman–Crippen LogP) is 1.57. The molecule has 0 radical (unpaired) electrons. The second-order valence-electron chi connectivity index (χ2n) is 5.40. The molecule has 0 fully saturated rings. The number of rotatable bonds is 6. The highest BCUT2D eigenvalue weighted by Crippen LogP contribution is 2.19. The number of hydrogen-bond acceptors (Lipinski definition) is 2. The van der Waals surface area contributed by atoms with Crippen LogP contribution < -0.4 is 15.5 Å². The van der Waals surface area contributed by atoms with Gasteiger partial charge in [0.15, 0.2) is 13.1 Å². The molecule has 0 bridgehead atoms. The minimum Gasteiger partial charge on any atom is -0.322 e. The van der Waals surface area contributed by atoms with Crippen LogP contribution in [-0.2, 0) is 9.59 Å². The van der Waals surface area contributed by atoms with E-state index in [9.17, 15) is 14.0 Å². The van der Waals surface area contributed by atoms with Gasteiger partial charge in [-0.15, -0.1) is 0 Å². The van der Waals surface area contributed by atoms with Crippen molar-refractivity contribution in [2.24, 2.45) is 0 Å². The summed E-state index contributed by atoms with van der Waals surface area (Å²) in [7, 11) is 1.72. The third-order valence-electron chi connectivity index (χ3n) is 3.18. The second kappa shape index (κ2) is 8.42. The van der Waals surface area contributed by atoms with Crippen LogP contribution in [0.1, 0.15) is 0 Å². The van der Waals surface area contributed by atoms with Crippen LogP contribution in [0.25, 0.3) is 0 Å². The van der Waals surface area contributed by atoms with Crippen molar-refractivity contribution in [1.29, 1.82) is 0 Å². The smallest absolute Gasteiger partial charge is 0.279 e. The number of amides is 2. The van der Waals surface area contributed by atoms with Gasteiger partial charge in [0.1, 0.15) is 5.82 Å². The fourth-order valence-corrected chi connectivity index (χ4v) is 2.32. The number of likely N-dealkylation sites (N-methyl/N-ethyl adjacent to an activating group) is 1. The number of carbonyl (C=O) groups is 2. The highest BCUT2D eigenvalue weighted by molar-refractivity contribution is 6.33. The number of nitrogens with one attached hydrogen (secondary N) is 3. The predicted molar refractivity (Wildman–Crippen MR) is 91.7 cm³/mol. The molecule has 7 heteroatoms. The van der Waals surface area contributed by atoms with Crippen LogP contribution in [0, 0.1) is 5.82 Å². The average Bonchev–Trinajstić information content (AvgIpc) is 2.49. The Bertz CT molecular complexity index is 739. The molecule has 0 spiro atoms. The minimum absolute atomic E-state index is 0.0758. The fraction of sp³-hybridized carbons (Fsp3) is 0.176. The zero-order valence-corrected chi connectivity index (χ0v) is 13.9. The lowest BCUT2D eigenvalue weighted by molar-refractivity contribution is -0.862. The largest absolute Gasteiger partial charge is 0.322 e. The molecule has 126 valence electrons. The number of anilines is 2. The molecular formula is C17H18ClFN3O2+. The van der Waals surface area contributed by atoms with Crippen molar-refractivity contribution in [1.82, 2.24) is 0 Å². The van der Waals surface area contributed by atoms with E-state index in [-0.39, 0.29) is 24.9 Å². The van der Waals surface area contributed by atoms with Crippen LogP contribution in [0.4, 0.5) is 15.8 Å². The Kier molecular flexibility index (Phi) is 6.28. The van der Waals surface area contributed by atoms with Gasteiger partial charge in [-0.2, -0.15) is 0 Å². The summed E-state index contributed by atoms with van der Waals surface area (Å²) in [5, 5.41) is 5.74. The van der Waals surface area contributed by atoms with Gasteiger partial charge in [0.2, 0.25) is 0 Å². The van der Waals surface area contributed by atoms with E-state index in [0.29, 0.717) is 21.3 Å². The Hall–Kier alpha value is -2.44. The topological polar surface area (TPSA) is 62.6 Å². The van der Waals surface area contributed by atoms with E-state index in [0.717, 1.165) is 0 Å². The fourth-order valence-electron chi connectivity index (χ4n) is 2.14. The van der Waals surface area contributed by atoms with Gasteiger partial charge in [-0.3, -0.25) is 9.59 Å². The van der Waals surface area contributed by atoms with Gasteiger partial charge in [-0.05, 0) is 30.3 Å². The number of halogens is 2. The summed E-state index contributed by atoms with van der Waals surface area (Å²) < 4.78 is 13.1. The molecule has 0 aliphatic carbocycles. The van der Waals surface area contributed by atoms with Crippen LogP contribution in [0.3, 0.4) is 0 Å². The molecule has 1 atom stereocenters. The summed E-state index contributed by atoms with van der Waals surface area (Å²) in [5.74, 6) is -0.976. The number of quaternary nitrogens is 1. The van der Waals surface area contributed by atoms with E-state index >= 15 is 0 Å². The maximum absolute atomic E-state index is 13.1. The molecule has 0 saturated heterocycles. The molecule has 0 aliphatic heterocycles. The standard InChI is InChI=1S/C17H17ClFN3O2/c1-22(10-16(23)20-13-6-4-5-12(19)9-13)11-17(24)21-15-8-3-2-7-14(15)18/h2-9H,10-11H2,1H3,(H,20,23)(H,21,24)/p+1. The molecule has 2 amide bonds. The third kappa shape index (κ3) is 5.64. The normalized spacial score (nSPS) is 11.6. The maximum Gasteiger partial charge on any atom is 0.279 e. The SMILES string of the molecule is C[NH+](CC(=O)Nc1cccc(F)c1)CC(=O)Nc1ccccc1Cl. The molecule has 5 nitrogen and oxygen atoms in total. The van der Waals surface area contributed by atoms with Crippen LogP contribution >= 0.6 is 11.6 Å².